The van der Waals surface area contributed by atoms with Gasteiger partial charge in [0.05, 0.1) is 24.6 Å². The minimum Gasteiger partial charge on any atom is -0.492 e. The van der Waals surface area contributed by atoms with Gasteiger partial charge in [0.2, 0.25) is 0 Å². The van der Waals surface area contributed by atoms with E-state index >= 15 is 0 Å². The summed E-state index contributed by atoms with van der Waals surface area (Å²) in [5, 5.41) is 3.57. The molecule has 0 spiro atoms. The molecule has 2 aromatic heterocycles. The lowest BCUT2D eigenvalue weighted by Crippen LogP contribution is -2.24. The van der Waals surface area contributed by atoms with Crippen molar-refractivity contribution in [2.45, 2.75) is 13.5 Å². The maximum Gasteiger partial charge on any atom is 0.263 e. The SMILES string of the molecule is Cc1nc(-c2cncc(N(C)CCOc3ccc(F)cc3)n2)sc1C(=O)NCc1ccccc1. The number of carbonyl (C=O) groups is 1. The summed E-state index contributed by atoms with van der Waals surface area (Å²) < 4.78 is 18.7. The predicted molar refractivity (Wildman–Crippen MR) is 131 cm³/mol. The summed E-state index contributed by atoms with van der Waals surface area (Å²) in [6.45, 7) is 3.22. The Balaban J connectivity index is 1.38. The molecule has 174 valence electrons. The molecule has 0 atom stereocenters. The minimum absolute atomic E-state index is 0.163. The molecule has 0 bridgehead atoms. The Bertz CT molecular complexity index is 1250. The fourth-order valence-corrected chi connectivity index (χ4v) is 4.10. The maximum atomic E-state index is 13.0. The molecule has 0 fully saturated rings. The van der Waals surface area contributed by atoms with Crippen molar-refractivity contribution in [3.8, 4) is 16.5 Å². The Morgan fingerprint density at radius 1 is 1.09 bits per heavy atom. The molecule has 0 unspecified atom stereocenters. The number of anilines is 1. The Kier molecular flexibility index (Phi) is 7.44. The van der Waals surface area contributed by atoms with Gasteiger partial charge < -0.3 is 15.0 Å². The van der Waals surface area contributed by atoms with E-state index in [0.29, 0.717) is 52.5 Å². The van der Waals surface area contributed by atoms with Crippen LogP contribution in [0.1, 0.15) is 20.9 Å². The first kappa shape index (κ1) is 23.3. The van der Waals surface area contributed by atoms with Crippen molar-refractivity contribution in [1.29, 1.82) is 0 Å². The van der Waals surface area contributed by atoms with Crippen molar-refractivity contribution >= 4 is 23.1 Å². The molecular weight excluding hydrogens is 453 g/mol. The first-order valence-corrected chi connectivity index (χ1v) is 11.5. The van der Waals surface area contributed by atoms with Crippen molar-refractivity contribution in [2.75, 3.05) is 25.1 Å². The van der Waals surface area contributed by atoms with Crippen LogP contribution in [0, 0.1) is 12.7 Å². The van der Waals surface area contributed by atoms with Gasteiger partial charge in [-0.3, -0.25) is 9.78 Å². The first-order valence-electron chi connectivity index (χ1n) is 10.7. The Hall–Kier alpha value is -3.85. The lowest BCUT2D eigenvalue weighted by molar-refractivity contribution is 0.0954. The van der Waals surface area contributed by atoms with Crippen molar-refractivity contribution < 1.29 is 13.9 Å². The number of aromatic nitrogens is 3. The third kappa shape index (κ3) is 5.93. The fourth-order valence-electron chi connectivity index (χ4n) is 3.16. The molecule has 0 aliphatic heterocycles. The van der Waals surface area contributed by atoms with E-state index in [0.717, 1.165) is 5.56 Å². The van der Waals surface area contributed by atoms with Crippen LogP contribution >= 0.6 is 11.3 Å². The Morgan fingerprint density at radius 3 is 2.62 bits per heavy atom. The third-order valence-corrected chi connectivity index (χ3v) is 6.22. The third-order valence-electron chi connectivity index (χ3n) is 5.04. The van der Waals surface area contributed by atoms with E-state index in [9.17, 15) is 9.18 Å². The van der Waals surface area contributed by atoms with Crippen LogP contribution in [0.3, 0.4) is 0 Å². The molecule has 0 aliphatic rings. The van der Waals surface area contributed by atoms with Crippen LogP contribution in [-0.2, 0) is 6.54 Å². The van der Waals surface area contributed by atoms with E-state index in [1.54, 1.807) is 24.5 Å². The highest BCUT2D eigenvalue weighted by atomic mass is 32.1. The van der Waals surface area contributed by atoms with E-state index in [-0.39, 0.29) is 11.7 Å². The monoisotopic (exact) mass is 477 g/mol. The van der Waals surface area contributed by atoms with Gasteiger partial charge in [0, 0.05) is 13.6 Å². The average Bonchev–Trinajstić information content (AvgIpc) is 3.26. The number of nitrogens with zero attached hydrogens (tertiary/aromatic N) is 4. The molecule has 4 aromatic rings. The van der Waals surface area contributed by atoms with Crippen LogP contribution in [0.25, 0.3) is 10.7 Å². The van der Waals surface area contributed by atoms with Gasteiger partial charge in [0.15, 0.2) is 0 Å². The summed E-state index contributed by atoms with van der Waals surface area (Å²) in [6, 6.07) is 15.7. The number of ether oxygens (including phenoxy) is 1. The molecule has 7 nitrogen and oxygen atoms in total. The highest BCUT2D eigenvalue weighted by molar-refractivity contribution is 7.17. The second-order valence-electron chi connectivity index (χ2n) is 7.59. The van der Waals surface area contributed by atoms with Crippen LogP contribution in [0.5, 0.6) is 5.75 Å². The number of nitrogens with one attached hydrogen (secondary N) is 1. The van der Waals surface area contributed by atoms with Crippen LogP contribution in [0.2, 0.25) is 0 Å². The van der Waals surface area contributed by atoms with Crippen molar-refractivity contribution in [3.05, 3.63) is 88.9 Å². The molecule has 4 rings (SSSR count). The number of amides is 1. The van der Waals surface area contributed by atoms with E-state index < -0.39 is 0 Å². The number of carbonyl (C=O) groups excluding carboxylic acids is 1. The van der Waals surface area contributed by atoms with E-state index in [1.807, 2.05) is 49.2 Å². The van der Waals surface area contributed by atoms with Gasteiger partial charge in [-0.05, 0) is 36.8 Å². The second kappa shape index (κ2) is 10.8. The highest BCUT2D eigenvalue weighted by Gasteiger charge is 2.17. The Labute approximate surface area is 201 Å². The molecule has 2 aromatic carbocycles. The number of halogens is 1. The minimum atomic E-state index is -0.300. The zero-order valence-corrected chi connectivity index (χ0v) is 19.7. The van der Waals surface area contributed by atoms with Crippen molar-refractivity contribution in [2.24, 2.45) is 0 Å². The summed E-state index contributed by atoms with van der Waals surface area (Å²) in [7, 11) is 1.89. The number of thiazole rings is 1. The quantitative estimate of drug-likeness (QED) is 0.383. The molecule has 0 aliphatic carbocycles. The number of benzene rings is 2. The number of rotatable bonds is 9. The second-order valence-corrected chi connectivity index (χ2v) is 8.59. The maximum absolute atomic E-state index is 13.0. The molecule has 1 amide bonds. The standard InChI is InChI=1S/C25H24FN5O2S/c1-17-23(24(32)28-14-18-6-4-3-5-7-18)34-25(29-17)21-15-27-16-22(30-21)31(2)12-13-33-20-10-8-19(26)9-11-20/h3-11,15-16H,12-14H2,1-2H3,(H,28,32). The van der Waals surface area contributed by atoms with Gasteiger partial charge in [-0.15, -0.1) is 11.3 Å². The van der Waals surface area contributed by atoms with Gasteiger partial charge in [-0.2, -0.15) is 0 Å². The zero-order valence-electron chi connectivity index (χ0n) is 18.9. The molecular formula is C25H24FN5O2S. The van der Waals surface area contributed by atoms with Crippen LogP contribution < -0.4 is 15.0 Å². The van der Waals surface area contributed by atoms with Gasteiger partial charge in [-0.1, -0.05) is 30.3 Å². The van der Waals surface area contributed by atoms with Gasteiger partial charge in [0.25, 0.3) is 5.91 Å². The van der Waals surface area contributed by atoms with E-state index in [2.05, 4.69) is 20.3 Å². The molecule has 0 saturated heterocycles. The number of aryl methyl sites for hydroxylation is 1. The number of hydrogen-bond acceptors (Lipinski definition) is 7. The number of likely N-dealkylation sites (N-methyl/N-ethyl adjacent to an activating group) is 1. The summed E-state index contributed by atoms with van der Waals surface area (Å²) in [6.07, 6.45) is 3.30. The summed E-state index contributed by atoms with van der Waals surface area (Å²) in [5.41, 5.74) is 2.28. The largest absolute Gasteiger partial charge is 0.492 e. The summed E-state index contributed by atoms with van der Waals surface area (Å²) in [4.78, 5) is 28.7. The fraction of sp³-hybridized carbons (Fsp3) is 0.200. The average molecular weight is 478 g/mol. The normalized spacial score (nSPS) is 10.7. The van der Waals surface area contributed by atoms with Crippen LogP contribution in [0.4, 0.5) is 10.2 Å². The van der Waals surface area contributed by atoms with E-state index in [4.69, 9.17) is 4.74 Å². The van der Waals surface area contributed by atoms with Crippen LogP contribution in [-0.4, -0.2) is 41.1 Å². The molecule has 0 saturated carbocycles. The smallest absolute Gasteiger partial charge is 0.263 e. The summed E-state index contributed by atoms with van der Waals surface area (Å²) in [5.74, 6) is 0.796. The topological polar surface area (TPSA) is 80.2 Å². The van der Waals surface area contributed by atoms with Crippen LogP contribution in [0.15, 0.2) is 67.0 Å². The molecule has 9 heteroatoms. The molecule has 1 N–H and O–H groups in total. The summed E-state index contributed by atoms with van der Waals surface area (Å²) >= 11 is 1.29. The lowest BCUT2D eigenvalue weighted by Gasteiger charge is -2.18. The van der Waals surface area contributed by atoms with Gasteiger partial charge in [-0.25, -0.2) is 14.4 Å². The van der Waals surface area contributed by atoms with E-state index in [1.165, 1.54) is 23.5 Å². The molecule has 2 heterocycles. The molecule has 0 radical (unpaired) electrons. The first-order chi connectivity index (χ1) is 16.5. The predicted octanol–water partition coefficient (Wildman–Crippen LogP) is 4.49. The van der Waals surface area contributed by atoms with Crippen molar-refractivity contribution in [1.82, 2.24) is 20.3 Å². The zero-order chi connectivity index (χ0) is 23.9. The lowest BCUT2D eigenvalue weighted by atomic mass is 10.2. The van der Waals surface area contributed by atoms with Gasteiger partial charge >= 0.3 is 0 Å². The molecule has 34 heavy (non-hydrogen) atoms. The number of hydrogen-bond donors (Lipinski definition) is 1. The van der Waals surface area contributed by atoms with Gasteiger partial charge in [0.1, 0.15) is 39.6 Å². The Morgan fingerprint density at radius 2 is 1.85 bits per heavy atom. The highest BCUT2D eigenvalue weighted by Crippen LogP contribution is 2.27. The van der Waals surface area contributed by atoms with Crippen molar-refractivity contribution in [3.63, 3.8) is 0 Å².